The molecule has 2 aromatic rings. The largest absolute Gasteiger partial charge is 0.341 e. The number of anilines is 1. The van der Waals surface area contributed by atoms with E-state index in [0.717, 1.165) is 32.4 Å². The minimum atomic E-state index is -0.293. The van der Waals surface area contributed by atoms with Gasteiger partial charge in [-0.15, -0.1) is 11.3 Å². The number of amides is 1. The molecule has 1 amide bonds. The van der Waals surface area contributed by atoms with Crippen molar-refractivity contribution in [2.75, 3.05) is 18.0 Å². The molecule has 7 nitrogen and oxygen atoms in total. The number of hydrogen-bond acceptors (Lipinski definition) is 7. The normalized spacial score (nSPS) is 23.2. The first-order valence-corrected chi connectivity index (χ1v) is 9.59. The van der Waals surface area contributed by atoms with E-state index in [1.165, 1.54) is 11.1 Å². The highest BCUT2D eigenvalue weighted by Crippen LogP contribution is 2.25. The number of rotatable bonds is 4. The smallest absolute Gasteiger partial charge is 0.272 e. The minimum absolute atomic E-state index is 0.180. The molecule has 0 bridgehead atoms. The predicted octanol–water partition coefficient (Wildman–Crippen LogP) is 2.09. The molecule has 2 aliphatic rings. The lowest BCUT2D eigenvalue weighted by Gasteiger charge is -2.17. The van der Waals surface area contributed by atoms with E-state index in [2.05, 4.69) is 37.1 Å². The van der Waals surface area contributed by atoms with Crippen LogP contribution >= 0.6 is 22.9 Å². The number of carbonyl (C=O) groups is 1. The Morgan fingerprint density at radius 1 is 1.36 bits per heavy atom. The van der Waals surface area contributed by atoms with Crippen LogP contribution in [0.25, 0.3) is 0 Å². The topological polar surface area (TPSA) is 82.2 Å². The van der Waals surface area contributed by atoms with Crippen molar-refractivity contribution in [3.63, 3.8) is 0 Å². The van der Waals surface area contributed by atoms with Crippen LogP contribution in [0.4, 0.5) is 5.95 Å². The monoisotopic (exact) mass is 378 g/mol. The molecule has 2 unspecified atom stereocenters. The SMILES string of the molecule is O=C(NC1CC(c2cccs2)NN1)c1nc(N2CCCC2)ncc1Cl. The number of aromatic nitrogens is 2. The van der Waals surface area contributed by atoms with Gasteiger partial charge in [0.25, 0.3) is 5.91 Å². The quantitative estimate of drug-likeness (QED) is 0.755. The Bertz CT molecular complexity index is 749. The van der Waals surface area contributed by atoms with Gasteiger partial charge in [-0.3, -0.25) is 4.79 Å². The molecule has 0 aliphatic carbocycles. The first kappa shape index (κ1) is 16.7. The summed E-state index contributed by atoms with van der Waals surface area (Å²) in [6.45, 7) is 1.83. The van der Waals surface area contributed by atoms with Gasteiger partial charge >= 0.3 is 0 Å². The Morgan fingerprint density at radius 2 is 2.20 bits per heavy atom. The van der Waals surface area contributed by atoms with Crippen molar-refractivity contribution in [3.8, 4) is 0 Å². The van der Waals surface area contributed by atoms with E-state index in [9.17, 15) is 4.79 Å². The number of carbonyl (C=O) groups excluding carboxylic acids is 1. The van der Waals surface area contributed by atoms with Crippen molar-refractivity contribution >= 4 is 34.8 Å². The number of nitrogens with zero attached hydrogens (tertiary/aromatic N) is 3. The first-order valence-electron chi connectivity index (χ1n) is 8.33. The molecule has 4 rings (SSSR count). The molecule has 2 atom stereocenters. The number of thiophene rings is 1. The molecule has 3 N–H and O–H groups in total. The summed E-state index contributed by atoms with van der Waals surface area (Å²) in [6.07, 6.45) is 4.32. The lowest BCUT2D eigenvalue weighted by molar-refractivity contribution is 0.0927. The van der Waals surface area contributed by atoms with Gasteiger partial charge in [0.05, 0.1) is 23.4 Å². The van der Waals surface area contributed by atoms with Crippen LogP contribution in [0, 0.1) is 0 Å². The molecule has 25 heavy (non-hydrogen) atoms. The first-order chi connectivity index (χ1) is 12.2. The summed E-state index contributed by atoms with van der Waals surface area (Å²) in [7, 11) is 0. The third-order valence-corrected chi connectivity index (χ3v) is 5.69. The summed E-state index contributed by atoms with van der Waals surface area (Å²) >= 11 is 7.85. The Balaban J connectivity index is 1.43. The van der Waals surface area contributed by atoms with Crippen molar-refractivity contribution < 1.29 is 4.79 Å². The second-order valence-electron chi connectivity index (χ2n) is 6.18. The molecule has 0 spiro atoms. The summed E-state index contributed by atoms with van der Waals surface area (Å²) in [6, 6.07) is 4.29. The van der Waals surface area contributed by atoms with Crippen LogP contribution in [-0.4, -0.2) is 35.1 Å². The van der Waals surface area contributed by atoms with Gasteiger partial charge in [-0.2, -0.15) is 0 Å². The minimum Gasteiger partial charge on any atom is -0.341 e. The van der Waals surface area contributed by atoms with E-state index in [1.807, 2.05) is 11.4 Å². The van der Waals surface area contributed by atoms with E-state index in [1.54, 1.807) is 11.3 Å². The van der Waals surface area contributed by atoms with Crippen LogP contribution in [-0.2, 0) is 0 Å². The lowest BCUT2D eigenvalue weighted by atomic mass is 10.2. The fraction of sp³-hybridized carbons (Fsp3) is 0.438. The van der Waals surface area contributed by atoms with Gasteiger partial charge in [0.2, 0.25) is 5.95 Å². The summed E-state index contributed by atoms with van der Waals surface area (Å²) in [5.74, 6) is 0.278. The van der Waals surface area contributed by atoms with E-state index < -0.39 is 0 Å². The van der Waals surface area contributed by atoms with Crippen LogP contribution in [0.3, 0.4) is 0 Å². The summed E-state index contributed by atoms with van der Waals surface area (Å²) < 4.78 is 0. The Labute approximate surface area is 154 Å². The maximum absolute atomic E-state index is 12.6. The molecule has 2 aromatic heterocycles. The van der Waals surface area contributed by atoms with Gasteiger partial charge in [0.1, 0.15) is 0 Å². The average molecular weight is 379 g/mol. The fourth-order valence-corrected chi connectivity index (χ4v) is 4.11. The zero-order valence-corrected chi connectivity index (χ0v) is 15.1. The molecule has 2 aliphatic heterocycles. The van der Waals surface area contributed by atoms with Crippen molar-refractivity contribution in [1.82, 2.24) is 26.1 Å². The molecule has 4 heterocycles. The van der Waals surface area contributed by atoms with Gasteiger partial charge < -0.3 is 10.2 Å². The molecule has 2 saturated heterocycles. The van der Waals surface area contributed by atoms with E-state index in [-0.39, 0.29) is 28.8 Å². The average Bonchev–Trinajstić information content (AvgIpc) is 3.37. The highest BCUT2D eigenvalue weighted by Gasteiger charge is 2.28. The van der Waals surface area contributed by atoms with Gasteiger partial charge in [-0.25, -0.2) is 20.8 Å². The fourth-order valence-electron chi connectivity index (χ4n) is 3.14. The van der Waals surface area contributed by atoms with Gasteiger partial charge in [-0.1, -0.05) is 17.7 Å². The molecular formula is C16H19ClN6OS. The van der Waals surface area contributed by atoms with Gasteiger partial charge in [0.15, 0.2) is 5.69 Å². The maximum atomic E-state index is 12.6. The summed E-state index contributed by atoms with van der Waals surface area (Å²) in [5.41, 5.74) is 6.54. The number of halogens is 1. The summed E-state index contributed by atoms with van der Waals surface area (Å²) in [5, 5.41) is 5.25. The third kappa shape index (κ3) is 3.62. The molecule has 9 heteroatoms. The molecule has 0 aromatic carbocycles. The van der Waals surface area contributed by atoms with E-state index in [4.69, 9.17) is 11.6 Å². The van der Waals surface area contributed by atoms with E-state index >= 15 is 0 Å². The molecule has 132 valence electrons. The summed E-state index contributed by atoms with van der Waals surface area (Å²) in [4.78, 5) is 24.6. The van der Waals surface area contributed by atoms with Crippen LogP contribution < -0.4 is 21.1 Å². The van der Waals surface area contributed by atoms with Crippen molar-refractivity contribution in [1.29, 1.82) is 0 Å². The van der Waals surface area contributed by atoms with Crippen molar-refractivity contribution in [2.24, 2.45) is 0 Å². The predicted molar refractivity (Wildman–Crippen MR) is 97.7 cm³/mol. The van der Waals surface area contributed by atoms with Crippen LogP contribution in [0.15, 0.2) is 23.7 Å². The van der Waals surface area contributed by atoms with Crippen LogP contribution in [0.5, 0.6) is 0 Å². The Kier molecular flexibility index (Phi) is 4.85. The molecular weight excluding hydrogens is 360 g/mol. The number of hydrazine groups is 1. The van der Waals surface area contributed by atoms with Crippen LogP contribution in [0.1, 0.15) is 40.7 Å². The highest BCUT2D eigenvalue weighted by molar-refractivity contribution is 7.10. The second kappa shape index (κ2) is 7.25. The zero-order valence-electron chi connectivity index (χ0n) is 13.5. The number of nitrogens with one attached hydrogen (secondary N) is 3. The third-order valence-electron chi connectivity index (χ3n) is 4.43. The number of hydrogen-bond donors (Lipinski definition) is 3. The standard InChI is InChI=1S/C16H19ClN6OS/c17-10-9-18-16(23-5-1-2-6-23)20-14(10)15(24)19-13-8-11(21-22-13)12-4-3-7-25-12/h3-4,7,9,11,13,21-22H,1-2,5-6,8H2,(H,19,24). The molecule has 0 radical (unpaired) electrons. The zero-order chi connectivity index (χ0) is 17.2. The Morgan fingerprint density at radius 3 is 2.96 bits per heavy atom. The van der Waals surface area contributed by atoms with Crippen molar-refractivity contribution in [2.45, 2.75) is 31.5 Å². The Hall–Kier alpha value is -1.74. The lowest BCUT2D eigenvalue weighted by Crippen LogP contribution is -2.44. The maximum Gasteiger partial charge on any atom is 0.272 e. The van der Waals surface area contributed by atoms with Gasteiger partial charge in [0, 0.05) is 24.4 Å². The van der Waals surface area contributed by atoms with E-state index in [0.29, 0.717) is 5.95 Å². The molecule has 0 saturated carbocycles. The highest BCUT2D eigenvalue weighted by atomic mass is 35.5. The van der Waals surface area contributed by atoms with Crippen molar-refractivity contribution in [3.05, 3.63) is 39.3 Å². The molecule has 2 fully saturated rings. The second-order valence-corrected chi connectivity index (χ2v) is 7.57. The van der Waals surface area contributed by atoms with Gasteiger partial charge in [-0.05, 0) is 24.3 Å². The van der Waals surface area contributed by atoms with Crippen LogP contribution in [0.2, 0.25) is 5.02 Å².